The molecule has 3 rings (SSSR count). The lowest BCUT2D eigenvalue weighted by molar-refractivity contribution is -0.114. The van der Waals surface area contributed by atoms with Gasteiger partial charge in [0.1, 0.15) is 6.54 Å². The highest BCUT2D eigenvalue weighted by Gasteiger charge is 2.21. The maximum atomic E-state index is 12.5. The van der Waals surface area contributed by atoms with Gasteiger partial charge in [0.05, 0.1) is 11.9 Å². The van der Waals surface area contributed by atoms with Crippen molar-refractivity contribution in [2.75, 3.05) is 22.4 Å². The highest BCUT2D eigenvalue weighted by atomic mass is 35.5. The Bertz CT molecular complexity index is 1060. The van der Waals surface area contributed by atoms with Gasteiger partial charge in [0.25, 0.3) is 0 Å². The van der Waals surface area contributed by atoms with Crippen molar-refractivity contribution >= 4 is 49.7 Å². The molecule has 134 valence electrons. The molecule has 0 aliphatic heterocycles. The third kappa shape index (κ3) is 4.15. The van der Waals surface area contributed by atoms with E-state index in [1.54, 1.807) is 24.3 Å². The summed E-state index contributed by atoms with van der Waals surface area (Å²) in [6.07, 6.45) is 1.05. The molecule has 3 aromatic carbocycles. The average Bonchev–Trinajstić information content (AvgIpc) is 2.59. The standard InChI is InChI=1S/C19H17ClN2O3S/c1-26(24,25)22(16-9-5-8-15(20)12-16)13-19(23)21-18-11-4-7-14-6-2-3-10-17(14)18/h2-12H,13H2,1H3,(H,21,23). The molecular formula is C19H17ClN2O3S. The zero-order chi connectivity index (χ0) is 18.7. The Labute approximate surface area is 157 Å². The van der Waals surface area contributed by atoms with Crippen LogP contribution in [0.25, 0.3) is 10.8 Å². The van der Waals surface area contributed by atoms with Crippen LogP contribution in [0.2, 0.25) is 5.02 Å². The Morgan fingerprint density at radius 2 is 1.73 bits per heavy atom. The van der Waals surface area contributed by atoms with E-state index in [0.717, 1.165) is 21.3 Å². The smallest absolute Gasteiger partial charge is 0.245 e. The number of hydrogen-bond donors (Lipinski definition) is 1. The quantitative estimate of drug-likeness (QED) is 0.720. The fourth-order valence-electron chi connectivity index (χ4n) is 2.69. The van der Waals surface area contributed by atoms with Crippen molar-refractivity contribution in [3.8, 4) is 0 Å². The SMILES string of the molecule is CS(=O)(=O)N(CC(=O)Nc1cccc2ccccc12)c1cccc(Cl)c1. The number of nitrogens with one attached hydrogen (secondary N) is 1. The lowest BCUT2D eigenvalue weighted by Gasteiger charge is -2.22. The summed E-state index contributed by atoms with van der Waals surface area (Å²) < 4.78 is 25.3. The van der Waals surface area contributed by atoms with Gasteiger partial charge in [0.2, 0.25) is 15.9 Å². The van der Waals surface area contributed by atoms with Crippen molar-refractivity contribution in [2.24, 2.45) is 0 Å². The minimum absolute atomic E-state index is 0.341. The number of benzene rings is 3. The second-order valence-electron chi connectivity index (χ2n) is 5.82. The molecule has 0 heterocycles. The molecule has 0 radical (unpaired) electrons. The van der Waals surface area contributed by atoms with Crippen LogP contribution in [0.15, 0.2) is 66.7 Å². The lowest BCUT2D eigenvalue weighted by Crippen LogP contribution is -2.37. The molecule has 26 heavy (non-hydrogen) atoms. The molecule has 0 bridgehead atoms. The highest BCUT2D eigenvalue weighted by molar-refractivity contribution is 7.92. The Morgan fingerprint density at radius 1 is 1.04 bits per heavy atom. The summed E-state index contributed by atoms with van der Waals surface area (Å²) in [7, 11) is -3.65. The van der Waals surface area contributed by atoms with Crippen LogP contribution in [0.5, 0.6) is 0 Å². The first-order chi connectivity index (χ1) is 12.3. The minimum Gasteiger partial charge on any atom is -0.324 e. The van der Waals surface area contributed by atoms with Crippen molar-refractivity contribution in [1.29, 1.82) is 0 Å². The van der Waals surface area contributed by atoms with Gasteiger partial charge >= 0.3 is 0 Å². The number of halogens is 1. The summed E-state index contributed by atoms with van der Waals surface area (Å²) in [6, 6.07) is 19.6. The Morgan fingerprint density at radius 3 is 2.46 bits per heavy atom. The van der Waals surface area contributed by atoms with Gasteiger partial charge in [0, 0.05) is 16.1 Å². The molecule has 3 aromatic rings. The zero-order valence-corrected chi connectivity index (χ0v) is 15.6. The number of carbonyl (C=O) groups excluding carboxylic acids is 1. The Balaban J connectivity index is 1.87. The number of nitrogens with zero attached hydrogens (tertiary/aromatic N) is 1. The van der Waals surface area contributed by atoms with Gasteiger partial charge in [-0.25, -0.2) is 8.42 Å². The second kappa shape index (κ2) is 7.35. The fourth-order valence-corrected chi connectivity index (χ4v) is 3.72. The van der Waals surface area contributed by atoms with Crippen LogP contribution in [-0.2, 0) is 14.8 Å². The minimum atomic E-state index is -3.65. The topological polar surface area (TPSA) is 66.5 Å². The third-order valence-corrected chi connectivity index (χ3v) is 5.22. The van der Waals surface area contributed by atoms with Gasteiger partial charge in [-0.3, -0.25) is 9.10 Å². The molecule has 0 fully saturated rings. The molecule has 7 heteroatoms. The summed E-state index contributed by atoms with van der Waals surface area (Å²) in [4.78, 5) is 12.5. The van der Waals surface area contributed by atoms with Crippen LogP contribution in [0.3, 0.4) is 0 Å². The average molecular weight is 389 g/mol. The zero-order valence-electron chi connectivity index (χ0n) is 14.0. The van der Waals surface area contributed by atoms with Crippen molar-refractivity contribution in [3.63, 3.8) is 0 Å². The largest absolute Gasteiger partial charge is 0.324 e. The van der Waals surface area contributed by atoms with Gasteiger partial charge in [-0.05, 0) is 29.7 Å². The third-order valence-electron chi connectivity index (χ3n) is 3.85. The van der Waals surface area contributed by atoms with E-state index >= 15 is 0 Å². The molecule has 1 amide bonds. The normalized spacial score (nSPS) is 11.3. The number of anilines is 2. The van der Waals surface area contributed by atoms with Crippen LogP contribution in [0, 0.1) is 0 Å². The van der Waals surface area contributed by atoms with Crippen LogP contribution < -0.4 is 9.62 Å². The fraction of sp³-hybridized carbons (Fsp3) is 0.105. The van der Waals surface area contributed by atoms with E-state index in [4.69, 9.17) is 11.6 Å². The van der Waals surface area contributed by atoms with Crippen molar-refractivity contribution in [1.82, 2.24) is 0 Å². The van der Waals surface area contributed by atoms with Crippen LogP contribution >= 0.6 is 11.6 Å². The van der Waals surface area contributed by atoms with Gasteiger partial charge in [0.15, 0.2) is 0 Å². The maximum absolute atomic E-state index is 12.5. The molecule has 0 atom stereocenters. The van der Waals surface area contributed by atoms with E-state index in [0.29, 0.717) is 16.4 Å². The van der Waals surface area contributed by atoms with E-state index in [1.807, 2.05) is 36.4 Å². The van der Waals surface area contributed by atoms with Gasteiger partial charge in [-0.15, -0.1) is 0 Å². The lowest BCUT2D eigenvalue weighted by atomic mass is 10.1. The number of rotatable bonds is 5. The van der Waals surface area contributed by atoms with Crippen molar-refractivity contribution in [3.05, 3.63) is 71.8 Å². The molecular weight excluding hydrogens is 372 g/mol. The molecule has 0 saturated carbocycles. The van der Waals surface area contributed by atoms with E-state index in [1.165, 1.54) is 6.07 Å². The van der Waals surface area contributed by atoms with E-state index in [9.17, 15) is 13.2 Å². The van der Waals surface area contributed by atoms with Crippen molar-refractivity contribution in [2.45, 2.75) is 0 Å². The first-order valence-electron chi connectivity index (χ1n) is 7.85. The molecule has 5 nitrogen and oxygen atoms in total. The Kier molecular flexibility index (Phi) is 5.15. The summed E-state index contributed by atoms with van der Waals surface area (Å²) >= 11 is 5.95. The number of hydrogen-bond acceptors (Lipinski definition) is 3. The molecule has 0 spiro atoms. The summed E-state index contributed by atoms with van der Waals surface area (Å²) in [5.74, 6) is -0.438. The van der Waals surface area contributed by atoms with Crippen molar-refractivity contribution < 1.29 is 13.2 Å². The van der Waals surface area contributed by atoms with Gasteiger partial charge < -0.3 is 5.32 Å². The first kappa shape index (κ1) is 18.2. The summed E-state index contributed by atoms with van der Waals surface area (Å²) in [5, 5.41) is 5.06. The van der Waals surface area contributed by atoms with Crippen LogP contribution in [0.4, 0.5) is 11.4 Å². The summed E-state index contributed by atoms with van der Waals surface area (Å²) in [6.45, 7) is -0.345. The number of sulfonamides is 1. The number of amides is 1. The predicted molar refractivity (Wildman–Crippen MR) is 106 cm³/mol. The molecule has 0 aliphatic carbocycles. The highest BCUT2D eigenvalue weighted by Crippen LogP contribution is 2.24. The predicted octanol–water partition coefficient (Wildman–Crippen LogP) is 3.90. The van der Waals surface area contributed by atoms with E-state index in [2.05, 4.69) is 5.32 Å². The number of fused-ring (bicyclic) bond motifs is 1. The maximum Gasteiger partial charge on any atom is 0.245 e. The molecule has 0 unspecified atom stereocenters. The van der Waals surface area contributed by atoms with E-state index < -0.39 is 15.9 Å². The van der Waals surface area contributed by atoms with Crippen LogP contribution in [-0.4, -0.2) is 27.1 Å². The molecule has 0 aromatic heterocycles. The first-order valence-corrected chi connectivity index (χ1v) is 10.1. The second-order valence-corrected chi connectivity index (χ2v) is 8.17. The molecule has 1 N–H and O–H groups in total. The Hall–Kier alpha value is -2.57. The van der Waals surface area contributed by atoms with Gasteiger partial charge in [-0.2, -0.15) is 0 Å². The number of carbonyl (C=O) groups is 1. The molecule has 0 aliphatic rings. The summed E-state index contributed by atoms with van der Waals surface area (Å²) in [5.41, 5.74) is 0.973. The molecule has 0 saturated heterocycles. The van der Waals surface area contributed by atoms with Crippen LogP contribution in [0.1, 0.15) is 0 Å². The monoisotopic (exact) mass is 388 g/mol. The van der Waals surface area contributed by atoms with E-state index in [-0.39, 0.29) is 6.54 Å². The van der Waals surface area contributed by atoms with Gasteiger partial charge in [-0.1, -0.05) is 54.1 Å².